The van der Waals surface area contributed by atoms with Crippen LogP contribution in [0.4, 0.5) is 0 Å². The minimum absolute atomic E-state index is 0.0754. The fraction of sp³-hybridized carbons (Fsp3) is 0.154. The van der Waals surface area contributed by atoms with Gasteiger partial charge in [0.2, 0.25) is 10.0 Å². The van der Waals surface area contributed by atoms with E-state index in [0.717, 1.165) is 10.0 Å². The first kappa shape index (κ1) is 15.0. The van der Waals surface area contributed by atoms with E-state index in [0.29, 0.717) is 17.9 Å². The van der Waals surface area contributed by atoms with Gasteiger partial charge in [0.15, 0.2) is 0 Å². The van der Waals surface area contributed by atoms with E-state index in [1.165, 1.54) is 12.1 Å². The highest BCUT2D eigenvalue weighted by molar-refractivity contribution is 9.10. The largest absolute Gasteiger partial charge is 0.489 e. The van der Waals surface area contributed by atoms with Crippen molar-refractivity contribution < 1.29 is 13.2 Å². The quantitative estimate of drug-likeness (QED) is 0.911. The molecule has 0 aliphatic carbocycles. The molecular weight excluding hydrogens is 344 g/mol. The lowest BCUT2D eigenvalue weighted by atomic mass is 10.2. The molecule has 1 heterocycles. The van der Waals surface area contributed by atoms with E-state index in [2.05, 4.69) is 20.9 Å². The molecule has 2 rings (SSSR count). The predicted octanol–water partition coefficient (Wildman–Crippen LogP) is 2.38. The second kappa shape index (κ2) is 5.90. The van der Waals surface area contributed by atoms with Crippen molar-refractivity contribution in [2.24, 2.45) is 5.14 Å². The number of hydrogen-bond donors (Lipinski definition) is 1. The summed E-state index contributed by atoms with van der Waals surface area (Å²) in [6.45, 7) is 2.12. The Balaban J connectivity index is 2.15. The lowest BCUT2D eigenvalue weighted by molar-refractivity contribution is 0.303. The molecule has 0 atom stereocenters. The molecule has 0 radical (unpaired) electrons. The summed E-state index contributed by atoms with van der Waals surface area (Å²) in [6, 6.07) is 6.42. The molecule has 0 unspecified atom stereocenters. The summed E-state index contributed by atoms with van der Waals surface area (Å²) in [5.41, 5.74) is 1.62. The summed E-state index contributed by atoms with van der Waals surface area (Å²) in [5.74, 6) is 0.609. The minimum atomic E-state index is -3.69. The van der Waals surface area contributed by atoms with Crippen LogP contribution in [0.1, 0.15) is 11.1 Å². The highest BCUT2D eigenvalue weighted by Gasteiger charge is 2.10. The maximum atomic E-state index is 11.2. The van der Waals surface area contributed by atoms with Crippen LogP contribution in [0.2, 0.25) is 0 Å². The second-order valence-electron chi connectivity index (χ2n) is 4.27. The van der Waals surface area contributed by atoms with Crippen molar-refractivity contribution in [1.82, 2.24) is 4.98 Å². The van der Waals surface area contributed by atoms with Crippen molar-refractivity contribution >= 4 is 26.0 Å². The molecule has 0 saturated carbocycles. The predicted molar refractivity (Wildman–Crippen MR) is 78.8 cm³/mol. The van der Waals surface area contributed by atoms with Crippen molar-refractivity contribution in [1.29, 1.82) is 0 Å². The third kappa shape index (κ3) is 3.78. The molecule has 1 aromatic heterocycles. The van der Waals surface area contributed by atoms with E-state index >= 15 is 0 Å². The van der Waals surface area contributed by atoms with E-state index in [-0.39, 0.29) is 4.90 Å². The molecule has 106 valence electrons. The maximum Gasteiger partial charge on any atom is 0.238 e. The molecule has 2 aromatic rings. The van der Waals surface area contributed by atoms with Crippen LogP contribution >= 0.6 is 15.9 Å². The molecule has 1 aromatic carbocycles. The van der Waals surface area contributed by atoms with Gasteiger partial charge in [-0.3, -0.25) is 4.98 Å². The standard InChI is InChI=1S/C13H13BrN2O3S/c1-9-4-12(20(15,17)18)2-3-13(9)19-8-10-5-11(14)7-16-6-10/h2-7H,8H2,1H3,(H2,15,17,18). The molecular formula is C13H13BrN2O3S. The molecule has 0 aliphatic heterocycles. The SMILES string of the molecule is Cc1cc(S(N)(=O)=O)ccc1OCc1cncc(Br)c1. The molecule has 0 aliphatic rings. The van der Waals surface area contributed by atoms with E-state index in [4.69, 9.17) is 9.88 Å². The zero-order valence-electron chi connectivity index (χ0n) is 10.7. The number of sulfonamides is 1. The van der Waals surface area contributed by atoms with Gasteiger partial charge in [0, 0.05) is 22.4 Å². The Kier molecular flexibility index (Phi) is 4.42. The molecule has 0 spiro atoms. The van der Waals surface area contributed by atoms with Gasteiger partial charge >= 0.3 is 0 Å². The summed E-state index contributed by atoms with van der Waals surface area (Å²) in [7, 11) is -3.69. The van der Waals surface area contributed by atoms with E-state index in [1.807, 2.05) is 6.07 Å². The summed E-state index contributed by atoms with van der Waals surface area (Å²) in [6.07, 6.45) is 3.40. The first-order chi connectivity index (χ1) is 9.36. The van der Waals surface area contributed by atoms with Gasteiger partial charge < -0.3 is 4.74 Å². The van der Waals surface area contributed by atoms with Gasteiger partial charge in [0.05, 0.1) is 4.90 Å². The monoisotopic (exact) mass is 356 g/mol. The molecule has 2 N–H and O–H groups in total. The number of primary sulfonamides is 1. The van der Waals surface area contributed by atoms with Gasteiger partial charge in [-0.2, -0.15) is 0 Å². The third-order valence-electron chi connectivity index (χ3n) is 2.63. The fourth-order valence-electron chi connectivity index (χ4n) is 1.66. The lowest BCUT2D eigenvalue weighted by Gasteiger charge is -2.10. The summed E-state index contributed by atoms with van der Waals surface area (Å²) < 4.78 is 29.0. The Morgan fingerprint density at radius 3 is 2.65 bits per heavy atom. The van der Waals surface area contributed by atoms with Crippen LogP contribution in [0.15, 0.2) is 46.0 Å². The van der Waals surface area contributed by atoms with Crippen molar-refractivity contribution in [3.05, 3.63) is 52.3 Å². The van der Waals surface area contributed by atoms with Crippen molar-refractivity contribution in [2.75, 3.05) is 0 Å². The Morgan fingerprint density at radius 1 is 1.30 bits per heavy atom. The van der Waals surface area contributed by atoms with Gasteiger partial charge in [-0.15, -0.1) is 0 Å². The Labute approximate surface area is 126 Å². The number of nitrogens with zero attached hydrogens (tertiary/aromatic N) is 1. The van der Waals surface area contributed by atoms with Gasteiger partial charge in [-0.1, -0.05) is 0 Å². The molecule has 0 bridgehead atoms. The summed E-state index contributed by atoms with van der Waals surface area (Å²) in [5, 5.41) is 5.08. The van der Waals surface area contributed by atoms with Gasteiger partial charge in [-0.05, 0) is 52.7 Å². The highest BCUT2D eigenvalue weighted by Crippen LogP contribution is 2.22. The zero-order chi connectivity index (χ0) is 14.8. The molecule has 7 heteroatoms. The number of ether oxygens (including phenoxy) is 1. The number of halogens is 1. The van der Waals surface area contributed by atoms with Crippen LogP contribution in [0.3, 0.4) is 0 Å². The first-order valence-corrected chi connectivity index (χ1v) is 8.06. The molecule has 0 amide bonds. The molecule has 0 saturated heterocycles. The molecule has 5 nitrogen and oxygen atoms in total. The summed E-state index contributed by atoms with van der Waals surface area (Å²) >= 11 is 3.34. The topological polar surface area (TPSA) is 82.3 Å². The third-order valence-corrected chi connectivity index (χ3v) is 3.98. The average molecular weight is 357 g/mol. The Morgan fingerprint density at radius 2 is 2.05 bits per heavy atom. The van der Waals surface area contributed by atoms with Crippen LogP contribution in [0.25, 0.3) is 0 Å². The number of hydrogen-bond acceptors (Lipinski definition) is 4. The smallest absolute Gasteiger partial charge is 0.238 e. The second-order valence-corrected chi connectivity index (χ2v) is 6.75. The number of rotatable bonds is 4. The number of benzene rings is 1. The van der Waals surface area contributed by atoms with Crippen LogP contribution < -0.4 is 9.88 Å². The zero-order valence-corrected chi connectivity index (χ0v) is 13.1. The Bertz CT molecular complexity index is 732. The number of aryl methyl sites for hydroxylation is 1. The number of pyridine rings is 1. The maximum absolute atomic E-state index is 11.2. The van der Waals surface area contributed by atoms with Crippen LogP contribution in [0, 0.1) is 6.92 Å². The fourth-order valence-corrected chi connectivity index (χ4v) is 2.67. The van der Waals surface area contributed by atoms with E-state index < -0.39 is 10.0 Å². The Hall–Kier alpha value is -1.44. The van der Waals surface area contributed by atoms with Gasteiger partial charge in [0.25, 0.3) is 0 Å². The number of aromatic nitrogens is 1. The van der Waals surface area contributed by atoms with Crippen molar-refractivity contribution in [2.45, 2.75) is 18.4 Å². The number of nitrogens with two attached hydrogens (primary N) is 1. The lowest BCUT2D eigenvalue weighted by Crippen LogP contribution is -2.12. The normalized spacial score (nSPS) is 11.3. The van der Waals surface area contributed by atoms with Crippen molar-refractivity contribution in [3.63, 3.8) is 0 Å². The molecule has 0 fully saturated rings. The van der Waals surface area contributed by atoms with Crippen LogP contribution in [0.5, 0.6) is 5.75 Å². The average Bonchev–Trinajstić information content (AvgIpc) is 2.36. The van der Waals surface area contributed by atoms with Gasteiger partial charge in [0.1, 0.15) is 12.4 Å². The van der Waals surface area contributed by atoms with Gasteiger partial charge in [-0.25, -0.2) is 13.6 Å². The van der Waals surface area contributed by atoms with Crippen LogP contribution in [-0.4, -0.2) is 13.4 Å². The first-order valence-electron chi connectivity index (χ1n) is 5.72. The summed E-state index contributed by atoms with van der Waals surface area (Å²) in [4.78, 5) is 4.12. The van der Waals surface area contributed by atoms with E-state index in [9.17, 15) is 8.42 Å². The molecule has 20 heavy (non-hydrogen) atoms. The van der Waals surface area contributed by atoms with E-state index in [1.54, 1.807) is 25.4 Å². The minimum Gasteiger partial charge on any atom is -0.489 e. The van der Waals surface area contributed by atoms with Crippen LogP contribution in [-0.2, 0) is 16.6 Å². The highest BCUT2D eigenvalue weighted by atomic mass is 79.9. The van der Waals surface area contributed by atoms with Crippen molar-refractivity contribution in [3.8, 4) is 5.75 Å².